The van der Waals surface area contributed by atoms with Crippen LogP contribution >= 0.6 is 0 Å². The Kier molecular flexibility index (Phi) is 5.29. The molecule has 0 saturated carbocycles. The predicted molar refractivity (Wildman–Crippen MR) is 63.7 cm³/mol. The molecule has 90 valence electrons. The molecule has 1 aromatic rings. The fourth-order valence-electron chi connectivity index (χ4n) is 1.58. The van der Waals surface area contributed by atoms with E-state index in [0.717, 1.165) is 11.3 Å². The molecule has 1 unspecified atom stereocenters. The van der Waals surface area contributed by atoms with Crippen molar-refractivity contribution in [1.82, 2.24) is 0 Å². The van der Waals surface area contributed by atoms with Crippen molar-refractivity contribution in [3.63, 3.8) is 0 Å². The zero-order chi connectivity index (χ0) is 12.0. The van der Waals surface area contributed by atoms with Gasteiger partial charge in [-0.1, -0.05) is 18.2 Å². The van der Waals surface area contributed by atoms with Crippen LogP contribution in [0.5, 0.6) is 5.75 Å². The van der Waals surface area contributed by atoms with Gasteiger partial charge < -0.3 is 14.6 Å². The minimum Gasteiger partial charge on any atom is -0.493 e. The Morgan fingerprint density at radius 1 is 1.25 bits per heavy atom. The largest absolute Gasteiger partial charge is 0.493 e. The maximum Gasteiger partial charge on any atom is 0.125 e. The Hall–Kier alpha value is -1.06. The maximum absolute atomic E-state index is 9.34. The minimum atomic E-state index is -0.317. The van der Waals surface area contributed by atoms with Gasteiger partial charge in [0.2, 0.25) is 0 Å². The van der Waals surface area contributed by atoms with E-state index in [0.29, 0.717) is 6.61 Å². The molecule has 3 nitrogen and oxygen atoms in total. The molecule has 0 saturated heterocycles. The van der Waals surface area contributed by atoms with Crippen molar-refractivity contribution >= 4 is 0 Å². The van der Waals surface area contributed by atoms with Crippen molar-refractivity contribution in [2.24, 2.45) is 0 Å². The van der Waals surface area contributed by atoms with Crippen LogP contribution in [-0.2, 0) is 4.74 Å². The van der Waals surface area contributed by atoms with Crippen LogP contribution in [0.4, 0.5) is 0 Å². The Morgan fingerprint density at radius 3 is 2.50 bits per heavy atom. The summed E-state index contributed by atoms with van der Waals surface area (Å²) in [5.74, 6) is 0.782. The van der Waals surface area contributed by atoms with Crippen LogP contribution in [-0.4, -0.2) is 24.4 Å². The Labute approximate surface area is 97.0 Å². The number of hydrogen-bond donors (Lipinski definition) is 1. The third-order valence-electron chi connectivity index (χ3n) is 2.17. The fraction of sp³-hybridized carbons (Fsp3) is 0.538. The predicted octanol–water partition coefficient (Wildman–Crippen LogP) is 2.54. The summed E-state index contributed by atoms with van der Waals surface area (Å²) in [4.78, 5) is 0. The third kappa shape index (κ3) is 3.51. The first kappa shape index (κ1) is 13.0. The molecule has 16 heavy (non-hydrogen) atoms. The van der Waals surface area contributed by atoms with E-state index in [9.17, 15) is 5.11 Å². The van der Waals surface area contributed by atoms with E-state index < -0.39 is 0 Å². The second kappa shape index (κ2) is 6.51. The molecule has 0 aliphatic carbocycles. The van der Waals surface area contributed by atoms with E-state index in [4.69, 9.17) is 9.47 Å². The first-order valence-electron chi connectivity index (χ1n) is 5.67. The maximum atomic E-state index is 9.34. The zero-order valence-corrected chi connectivity index (χ0v) is 10.1. The molecule has 0 aliphatic heterocycles. The van der Waals surface area contributed by atoms with E-state index in [1.165, 1.54) is 0 Å². The molecule has 0 radical (unpaired) electrons. The molecule has 1 atom stereocenters. The van der Waals surface area contributed by atoms with Gasteiger partial charge in [0.15, 0.2) is 0 Å². The lowest BCUT2D eigenvalue weighted by atomic mass is 10.1. The van der Waals surface area contributed by atoms with Crippen molar-refractivity contribution in [3.05, 3.63) is 29.8 Å². The van der Waals surface area contributed by atoms with Gasteiger partial charge in [0.25, 0.3) is 0 Å². The van der Waals surface area contributed by atoms with Gasteiger partial charge in [-0.05, 0) is 26.8 Å². The highest BCUT2D eigenvalue weighted by Gasteiger charge is 2.16. The third-order valence-corrected chi connectivity index (χ3v) is 2.17. The van der Waals surface area contributed by atoms with Crippen molar-refractivity contribution in [2.45, 2.75) is 33.0 Å². The summed E-state index contributed by atoms with van der Waals surface area (Å²) >= 11 is 0. The average Bonchev–Trinajstić information content (AvgIpc) is 2.27. The van der Waals surface area contributed by atoms with Gasteiger partial charge in [-0.25, -0.2) is 0 Å². The van der Waals surface area contributed by atoms with E-state index in [1.807, 2.05) is 45.0 Å². The topological polar surface area (TPSA) is 38.7 Å². The van der Waals surface area contributed by atoms with Crippen LogP contribution in [0.3, 0.4) is 0 Å². The van der Waals surface area contributed by atoms with Crippen molar-refractivity contribution < 1.29 is 14.6 Å². The lowest BCUT2D eigenvalue weighted by Crippen LogP contribution is -2.15. The summed E-state index contributed by atoms with van der Waals surface area (Å²) in [6, 6.07) is 7.65. The highest BCUT2D eigenvalue weighted by Crippen LogP contribution is 2.28. The molecule has 0 fully saturated rings. The van der Waals surface area contributed by atoms with Gasteiger partial charge in [-0.15, -0.1) is 0 Å². The standard InChI is InChI=1S/C13H20O3/c1-4-15-12-8-6-5-7-11(12)13(9-14)16-10(2)3/h5-8,10,13-14H,4,9H2,1-3H3. The second-order valence-electron chi connectivity index (χ2n) is 3.83. The second-order valence-corrected chi connectivity index (χ2v) is 3.83. The minimum absolute atomic E-state index is 0.0394. The number of ether oxygens (including phenoxy) is 2. The fourth-order valence-corrected chi connectivity index (χ4v) is 1.58. The first-order chi connectivity index (χ1) is 7.69. The van der Waals surface area contributed by atoms with Crippen molar-refractivity contribution in [2.75, 3.05) is 13.2 Å². The van der Waals surface area contributed by atoms with Gasteiger partial charge in [-0.2, -0.15) is 0 Å². The van der Waals surface area contributed by atoms with Crippen LogP contribution < -0.4 is 4.74 Å². The van der Waals surface area contributed by atoms with Crippen LogP contribution in [0.25, 0.3) is 0 Å². The molecule has 0 bridgehead atoms. The van der Waals surface area contributed by atoms with Gasteiger partial charge in [0, 0.05) is 5.56 Å². The zero-order valence-electron chi connectivity index (χ0n) is 10.1. The van der Waals surface area contributed by atoms with Gasteiger partial charge in [-0.3, -0.25) is 0 Å². The highest BCUT2D eigenvalue weighted by molar-refractivity contribution is 5.35. The van der Waals surface area contributed by atoms with E-state index >= 15 is 0 Å². The molecule has 0 aromatic heterocycles. The molecule has 1 rings (SSSR count). The van der Waals surface area contributed by atoms with Crippen molar-refractivity contribution in [1.29, 1.82) is 0 Å². The molecule has 0 spiro atoms. The number of aliphatic hydroxyl groups excluding tert-OH is 1. The molecular formula is C13H20O3. The lowest BCUT2D eigenvalue weighted by Gasteiger charge is -2.21. The summed E-state index contributed by atoms with van der Waals surface area (Å²) in [6.07, 6.45) is -0.241. The van der Waals surface area contributed by atoms with E-state index in [2.05, 4.69) is 0 Å². The molecule has 0 heterocycles. The average molecular weight is 224 g/mol. The molecule has 3 heteroatoms. The monoisotopic (exact) mass is 224 g/mol. The van der Waals surface area contributed by atoms with Gasteiger partial charge in [0.05, 0.1) is 19.3 Å². The molecular weight excluding hydrogens is 204 g/mol. The van der Waals surface area contributed by atoms with Crippen molar-refractivity contribution in [3.8, 4) is 5.75 Å². The Balaban J connectivity index is 2.89. The lowest BCUT2D eigenvalue weighted by molar-refractivity contribution is -0.0260. The van der Waals surface area contributed by atoms with Crippen LogP contribution in [0.15, 0.2) is 24.3 Å². The molecule has 0 amide bonds. The Morgan fingerprint density at radius 2 is 1.94 bits per heavy atom. The summed E-state index contributed by atoms with van der Waals surface area (Å²) in [5.41, 5.74) is 0.903. The highest BCUT2D eigenvalue weighted by atomic mass is 16.5. The molecule has 0 aliphatic rings. The summed E-state index contributed by atoms with van der Waals surface area (Å²) < 4.78 is 11.2. The molecule has 1 N–H and O–H groups in total. The Bertz CT molecular complexity index is 310. The summed E-state index contributed by atoms with van der Waals surface area (Å²) in [5, 5.41) is 9.34. The van der Waals surface area contributed by atoms with Gasteiger partial charge >= 0.3 is 0 Å². The SMILES string of the molecule is CCOc1ccccc1C(CO)OC(C)C. The normalized spacial score (nSPS) is 12.8. The molecule has 1 aromatic carbocycles. The summed E-state index contributed by atoms with van der Waals surface area (Å²) in [6.45, 7) is 6.41. The van der Waals surface area contributed by atoms with Crippen LogP contribution in [0.1, 0.15) is 32.4 Å². The number of rotatable bonds is 6. The smallest absolute Gasteiger partial charge is 0.125 e. The number of benzene rings is 1. The number of aliphatic hydroxyl groups is 1. The van der Waals surface area contributed by atoms with E-state index in [-0.39, 0.29) is 18.8 Å². The van der Waals surface area contributed by atoms with E-state index in [1.54, 1.807) is 0 Å². The number of para-hydroxylation sites is 1. The van der Waals surface area contributed by atoms with Crippen LogP contribution in [0.2, 0.25) is 0 Å². The first-order valence-corrected chi connectivity index (χ1v) is 5.67. The quantitative estimate of drug-likeness (QED) is 0.807. The number of hydrogen-bond acceptors (Lipinski definition) is 3. The summed E-state index contributed by atoms with van der Waals surface area (Å²) in [7, 11) is 0. The van der Waals surface area contributed by atoms with Gasteiger partial charge in [0.1, 0.15) is 11.9 Å². The van der Waals surface area contributed by atoms with Crippen LogP contribution in [0, 0.1) is 0 Å².